The van der Waals surface area contributed by atoms with Gasteiger partial charge in [0, 0.05) is 37.4 Å². The average molecular weight is 480 g/mol. The van der Waals surface area contributed by atoms with Gasteiger partial charge in [0.05, 0.1) is 18.0 Å². The summed E-state index contributed by atoms with van der Waals surface area (Å²) in [5, 5.41) is 0. The third-order valence-electron chi connectivity index (χ3n) is 6.04. The van der Waals surface area contributed by atoms with Gasteiger partial charge in [0.1, 0.15) is 11.5 Å². The van der Waals surface area contributed by atoms with Crippen LogP contribution in [0.1, 0.15) is 5.56 Å². The van der Waals surface area contributed by atoms with Crippen molar-refractivity contribution in [3.8, 4) is 5.75 Å². The maximum absolute atomic E-state index is 13.4. The Bertz CT molecular complexity index is 1220. The van der Waals surface area contributed by atoms with Crippen LogP contribution in [0.5, 0.6) is 5.75 Å². The van der Waals surface area contributed by atoms with Crippen molar-refractivity contribution >= 4 is 28.7 Å². The van der Waals surface area contributed by atoms with E-state index in [0.717, 1.165) is 31.9 Å². The Kier molecular flexibility index (Phi) is 6.17. The molecule has 1 amide bonds. The largest absolute Gasteiger partial charge is 0.573 e. The SMILES string of the molecule is O=C1C(=Nc2ccc(OC(F)(F)F)cc2)c2ccccc2N1CN1CCN(c2ccccc2)CC1. The number of ether oxygens (including phenoxy) is 1. The van der Waals surface area contributed by atoms with Crippen molar-refractivity contribution in [3.63, 3.8) is 0 Å². The number of hydrogen-bond acceptors (Lipinski definition) is 5. The zero-order valence-electron chi connectivity index (χ0n) is 18.8. The number of nitrogens with zero attached hydrogens (tertiary/aromatic N) is 4. The van der Waals surface area contributed by atoms with Gasteiger partial charge < -0.3 is 9.64 Å². The Morgan fingerprint density at radius 1 is 0.829 bits per heavy atom. The van der Waals surface area contributed by atoms with E-state index in [4.69, 9.17) is 0 Å². The molecule has 2 heterocycles. The van der Waals surface area contributed by atoms with Crippen LogP contribution in [0.3, 0.4) is 0 Å². The molecule has 6 nitrogen and oxygen atoms in total. The molecule has 0 atom stereocenters. The second-order valence-electron chi connectivity index (χ2n) is 8.33. The Hall–Kier alpha value is -3.85. The highest BCUT2D eigenvalue weighted by Crippen LogP contribution is 2.32. The summed E-state index contributed by atoms with van der Waals surface area (Å²) in [5.41, 5.74) is 3.31. The number of piperazine rings is 1. The van der Waals surface area contributed by atoms with Gasteiger partial charge in [-0.3, -0.25) is 14.6 Å². The first-order chi connectivity index (χ1) is 16.9. The lowest BCUT2D eigenvalue weighted by Gasteiger charge is -2.37. The molecule has 3 aromatic carbocycles. The van der Waals surface area contributed by atoms with Crippen molar-refractivity contribution in [1.29, 1.82) is 0 Å². The van der Waals surface area contributed by atoms with Gasteiger partial charge in [0.15, 0.2) is 0 Å². The van der Waals surface area contributed by atoms with E-state index < -0.39 is 6.36 Å². The number of aliphatic imine (C=N–C) groups is 1. The average Bonchev–Trinajstić information content (AvgIpc) is 3.11. The van der Waals surface area contributed by atoms with Crippen molar-refractivity contribution in [1.82, 2.24) is 4.90 Å². The minimum absolute atomic E-state index is 0.229. The molecular weight excluding hydrogens is 457 g/mol. The molecule has 0 N–H and O–H groups in total. The molecule has 0 unspecified atom stereocenters. The number of rotatable bonds is 5. The predicted molar refractivity (Wildman–Crippen MR) is 128 cm³/mol. The first-order valence-corrected chi connectivity index (χ1v) is 11.3. The van der Waals surface area contributed by atoms with E-state index in [0.29, 0.717) is 17.9 Å². The highest BCUT2D eigenvalue weighted by Gasteiger charge is 2.35. The van der Waals surface area contributed by atoms with Gasteiger partial charge in [-0.25, -0.2) is 4.99 Å². The van der Waals surface area contributed by atoms with E-state index >= 15 is 0 Å². The molecule has 3 aromatic rings. The van der Waals surface area contributed by atoms with Crippen molar-refractivity contribution in [3.05, 3.63) is 84.4 Å². The molecule has 1 saturated heterocycles. The Labute approximate surface area is 200 Å². The molecule has 0 aliphatic carbocycles. The van der Waals surface area contributed by atoms with Gasteiger partial charge in [-0.15, -0.1) is 13.2 Å². The molecule has 2 aliphatic rings. The third kappa shape index (κ3) is 5.14. The Morgan fingerprint density at radius 3 is 2.17 bits per heavy atom. The number of hydrogen-bond donors (Lipinski definition) is 0. The van der Waals surface area contributed by atoms with Crippen LogP contribution in [0.25, 0.3) is 0 Å². The normalized spacial score (nSPS) is 17.7. The maximum atomic E-state index is 13.4. The highest BCUT2D eigenvalue weighted by atomic mass is 19.4. The fourth-order valence-corrected chi connectivity index (χ4v) is 4.35. The summed E-state index contributed by atoms with van der Waals surface area (Å²) in [5.74, 6) is -0.567. The topological polar surface area (TPSA) is 48.4 Å². The van der Waals surface area contributed by atoms with Gasteiger partial charge in [-0.2, -0.15) is 0 Å². The summed E-state index contributed by atoms with van der Waals surface area (Å²) < 4.78 is 41.2. The number of amides is 1. The van der Waals surface area contributed by atoms with Crippen LogP contribution >= 0.6 is 0 Å². The summed E-state index contributed by atoms with van der Waals surface area (Å²) >= 11 is 0. The Morgan fingerprint density at radius 2 is 1.49 bits per heavy atom. The van der Waals surface area contributed by atoms with Crippen molar-refractivity contribution < 1.29 is 22.7 Å². The highest BCUT2D eigenvalue weighted by molar-refractivity contribution is 6.54. The lowest BCUT2D eigenvalue weighted by atomic mass is 10.1. The molecule has 9 heteroatoms. The number of carbonyl (C=O) groups excluding carboxylic acids is 1. The summed E-state index contributed by atoms with van der Waals surface area (Å²) in [4.78, 5) is 24.1. The van der Waals surface area contributed by atoms with Gasteiger partial charge >= 0.3 is 6.36 Å². The predicted octanol–water partition coefficient (Wildman–Crippen LogP) is 4.83. The summed E-state index contributed by atoms with van der Waals surface area (Å²) in [6.07, 6.45) is -4.76. The fourth-order valence-electron chi connectivity index (χ4n) is 4.35. The van der Waals surface area contributed by atoms with Crippen LogP contribution in [-0.4, -0.2) is 55.7 Å². The summed E-state index contributed by atoms with van der Waals surface area (Å²) in [6.45, 7) is 3.79. The van der Waals surface area contributed by atoms with Crippen LogP contribution in [0, 0.1) is 0 Å². The Balaban J connectivity index is 1.31. The van der Waals surface area contributed by atoms with E-state index in [9.17, 15) is 18.0 Å². The molecule has 1 fully saturated rings. The number of halogens is 3. The molecule has 0 radical (unpaired) electrons. The van der Waals surface area contributed by atoms with Crippen LogP contribution in [0.4, 0.5) is 30.2 Å². The zero-order chi connectivity index (χ0) is 24.4. The number of alkyl halides is 3. The van der Waals surface area contributed by atoms with Gasteiger partial charge in [0.25, 0.3) is 5.91 Å². The number of fused-ring (bicyclic) bond motifs is 1. The molecule has 0 aromatic heterocycles. The molecule has 180 valence electrons. The first-order valence-electron chi connectivity index (χ1n) is 11.3. The molecule has 0 bridgehead atoms. The monoisotopic (exact) mass is 480 g/mol. The number of carbonyl (C=O) groups is 1. The van der Waals surface area contributed by atoms with Gasteiger partial charge in [-0.1, -0.05) is 36.4 Å². The van der Waals surface area contributed by atoms with E-state index in [2.05, 4.69) is 31.7 Å². The quantitative estimate of drug-likeness (QED) is 0.525. The fraction of sp³-hybridized carbons (Fsp3) is 0.231. The minimum atomic E-state index is -4.76. The molecule has 0 spiro atoms. The van der Waals surface area contributed by atoms with Crippen LogP contribution in [0.2, 0.25) is 0 Å². The summed E-state index contributed by atoms with van der Waals surface area (Å²) in [6, 6.07) is 22.8. The van der Waals surface area contributed by atoms with E-state index in [1.54, 1.807) is 4.90 Å². The molecule has 0 saturated carbocycles. The lowest BCUT2D eigenvalue weighted by Crippen LogP contribution is -2.51. The van der Waals surface area contributed by atoms with Crippen LogP contribution < -0.4 is 14.5 Å². The molecule has 35 heavy (non-hydrogen) atoms. The maximum Gasteiger partial charge on any atom is 0.573 e. The molecule has 2 aliphatic heterocycles. The van der Waals surface area contributed by atoms with Gasteiger partial charge in [0.2, 0.25) is 0 Å². The first kappa shape index (κ1) is 22.9. The number of para-hydroxylation sites is 2. The molecule has 5 rings (SSSR count). The van der Waals surface area contributed by atoms with Crippen molar-refractivity contribution in [2.45, 2.75) is 6.36 Å². The second-order valence-corrected chi connectivity index (χ2v) is 8.33. The van der Waals surface area contributed by atoms with Crippen molar-refractivity contribution in [2.75, 3.05) is 42.6 Å². The number of anilines is 2. The lowest BCUT2D eigenvalue weighted by molar-refractivity contribution is -0.274. The third-order valence-corrected chi connectivity index (χ3v) is 6.04. The van der Waals surface area contributed by atoms with E-state index in [1.165, 1.54) is 30.0 Å². The van der Waals surface area contributed by atoms with E-state index in [-0.39, 0.29) is 17.4 Å². The molecular formula is C26H23F3N4O2. The minimum Gasteiger partial charge on any atom is -0.406 e. The van der Waals surface area contributed by atoms with Crippen LogP contribution in [-0.2, 0) is 4.79 Å². The van der Waals surface area contributed by atoms with Crippen LogP contribution in [0.15, 0.2) is 83.9 Å². The van der Waals surface area contributed by atoms with E-state index in [1.807, 2.05) is 42.5 Å². The standard InChI is InChI=1S/C26H23F3N4O2/c27-26(28,29)35-21-12-10-19(11-13-21)30-24-22-8-4-5-9-23(22)33(25(24)34)18-31-14-16-32(17-15-31)20-6-2-1-3-7-20/h1-13H,14-18H2. The van der Waals surface area contributed by atoms with Gasteiger partial charge in [-0.05, 0) is 42.5 Å². The zero-order valence-corrected chi connectivity index (χ0v) is 18.8. The second kappa shape index (κ2) is 9.42. The smallest absolute Gasteiger partial charge is 0.406 e. The number of benzene rings is 3. The summed E-state index contributed by atoms with van der Waals surface area (Å²) in [7, 11) is 0. The van der Waals surface area contributed by atoms with Crippen molar-refractivity contribution in [2.24, 2.45) is 4.99 Å².